The first kappa shape index (κ1) is 21.4. The maximum Gasteiger partial charge on any atom is 0.241 e. The van der Waals surface area contributed by atoms with E-state index in [1.807, 2.05) is 37.9 Å². The van der Waals surface area contributed by atoms with Gasteiger partial charge in [-0.2, -0.15) is 0 Å². The van der Waals surface area contributed by atoms with Crippen LogP contribution in [0.5, 0.6) is 11.5 Å². The molecule has 0 aliphatic heterocycles. The van der Waals surface area contributed by atoms with Crippen molar-refractivity contribution in [2.24, 2.45) is 0 Å². The van der Waals surface area contributed by atoms with Crippen LogP contribution in [0.4, 0.5) is 5.69 Å². The molecule has 0 unspecified atom stereocenters. The molecule has 0 aliphatic carbocycles. The molecule has 0 radical (unpaired) electrons. The number of benzene rings is 2. The topological polar surface area (TPSA) is 67.9 Å². The Morgan fingerprint density at radius 3 is 2.36 bits per heavy atom. The van der Waals surface area contributed by atoms with Gasteiger partial charge in [-0.05, 0) is 63.2 Å². The Kier molecular flexibility index (Phi) is 7.18. The molecule has 6 nitrogen and oxygen atoms in total. The van der Waals surface area contributed by atoms with Crippen LogP contribution in [0.15, 0.2) is 36.4 Å². The van der Waals surface area contributed by atoms with Crippen LogP contribution >= 0.6 is 0 Å². The van der Waals surface area contributed by atoms with Gasteiger partial charge in [0.1, 0.15) is 0 Å². The van der Waals surface area contributed by atoms with Crippen LogP contribution in [0, 0.1) is 6.92 Å². The van der Waals surface area contributed by atoms with Crippen LogP contribution in [0.3, 0.4) is 0 Å². The number of rotatable bonds is 8. The first-order chi connectivity index (χ1) is 13.3. The molecule has 0 spiro atoms. The summed E-state index contributed by atoms with van der Waals surface area (Å²) in [6.07, 6.45) is 0. The minimum absolute atomic E-state index is 0.0369. The van der Waals surface area contributed by atoms with Gasteiger partial charge in [0.25, 0.3) is 0 Å². The summed E-state index contributed by atoms with van der Waals surface area (Å²) in [7, 11) is 5.11. The van der Waals surface area contributed by atoms with Gasteiger partial charge < -0.3 is 14.8 Å². The SMILES string of the molecule is COc1cc(C)c(CN(C)[C@H](C)C(=O)Nc2cccc(C(C)=O)c2)cc1OC. The molecule has 1 amide bonds. The Hall–Kier alpha value is -2.86. The molecule has 1 atom stereocenters. The number of methoxy groups -OCH3 is 2. The number of hydrogen-bond acceptors (Lipinski definition) is 5. The van der Waals surface area contributed by atoms with Gasteiger partial charge in [-0.3, -0.25) is 14.5 Å². The lowest BCUT2D eigenvalue weighted by molar-refractivity contribution is -0.120. The van der Waals surface area contributed by atoms with Gasteiger partial charge in [0, 0.05) is 17.8 Å². The normalized spacial score (nSPS) is 11.8. The van der Waals surface area contributed by atoms with Crippen LogP contribution in [0.25, 0.3) is 0 Å². The summed E-state index contributed by atoms with van der Waals surface area (Å²) in [5, 5.41) is 2.88. The lowest BCUT2D eigenvalue weighted by atomic mass is 10.1. The second kappa shape index (κ2) is 9.37. The maximum atomic E-state index is 12.7. The third-order valence-corrected chi connectivity index (χ3v) is 4.84. The molecule has 0 bridgehead atoms. The first-order valence-electron chi connectivity index (χ1n) is 9.10. The van der Waals surface area contributed by atoms with Gasteiger partial charge in [0.15, 0.2) is 17.3 Å². The van der Waals surface area contributed by atoms with Crippen molar-refractivity contribution >= 4 is 17.4 Å². The number of nitrogens with zero attached hydrogens (tertiary/aromatic N) is 1. The fourth-order valence-corrected chi connectivity index (χ4v) is 2.86. The average molecular weight is 384 g/mol. The number of aryl methyl sites for hydroxylation is 1. The number of carbonyl (C=O) groups is 2. The number of hydrogen-bond donors (Lipinski definition) is 1. The van der Waals surface area contributed by atoms with Crippen LogP contribution in [0.1, 0.15) is 35.3 Å². The average Bonchev–Trinajstić information content (AvgIpc) is 2.68. The number of anilines is 1. The lowest BCUT2D eigenvalue weighted by Crippen LogP contribution is -2.39. The van der Waals surface area contributed by atoms with Crippen molar-refractivity contribution in [2.75, 3.05) is 26.6 Å². The minimum atomic E-state index is -0.367. The quantitative estimate of drug-likeness (QED) is 0.704. The highest BCUT2D eigenvalue weighted by Crippen LogP contribution is 2.31. The van der Waals surface area contributed by atoms with Crippen molar-refractivity contribution in [2.45, 2.75) is 33.4 Å². The molecule has 0 heterocycles. The highest BCUT2D eigenvalue weighted by molar-refractivity contribution is 5.98. The van der Waals surface area contributed by atoms with Crippen molar-refractivity contribution < 1.29 is 19.1 Å². The second-order valence-electron chi connectivity index (χ2n) is 6.85. The van der Waals surface area contributed by atoms with E-state index in [-0.39, 0.29) is 17.7 Å². The molecule has 0 saturated heterocycles. The minimum Gasteiger partial charge on any atom is -0.493 e. The fraction of sp³-hybridized carbons (Fsp3) is 0.364. The Bertz CT molecular complexity index is 864. The van der Waals surface area contributed by atoms with Crippen LogP contribution in [0.2, 0.25) is 0 Å². The van der Waals surface area contributed by atoms with E-state index in [0.29, 0.717) is 29.3 Å². The molecule has 0 fully saturated rings. The van der Waals surface area contributed by atoms with Crippen LogP contribution < -0.4 is 14.8 Å². The molecule has 0 aliphatic rings. The summed E-state index contributed by atoms with van der Waals surface area (Å²) in [5.74, 6) is 1.17. The number of carbonyl (C=O) groups excluding carboxylic acids is 2. The smallest absolute Gasteiger partial charge is 0.241 e. The zero-order valence-electron chi connectivity index (χ0n) is 17.3. The summed E-state index contributed by atoms with van der Waals surface area (Å²) < 4.78 is 10.7. The van der Waals surface area contributed by atoms with Crippen molar-refractivity contribution in [1.82, 2.24) is 4.90 Å². The largest absolute Gasteiger partial charge is 0.493 e. The van der Waals surface area contributed by atoms with Crippen molar-refractivity contribution in [3.05, 3.63) is 53.1 Å². The van der Waals surface area contributed by atoms with Crippen molar-refractivity contribution in [3.8, 4) is 11.5 Å². The summed E-state index contributed by atoms with van der Waals surface area (Å²) in [4.78, 5) is 26.1. The Balaban J connectivity index is 2.10. The number of Topliss-reactive ketones (excluding diaryl/α,β-unsaturated/α-hetero) is 1. The molecule has 6 heteroatoms. The molecule has 2 aromatic rings. The van der Waals surface area contributed by atoms with Crippen molar-refractivity contribution in [1.29, 1.82) is 0 Å². The summed E-state index contributed by atoms with van der Waals surface area (Å²) >= 11 is 0. The predicted molar refractivity (Wildman–Crippen MR) is 110 cm³/mol. The molecule has 150 valence electrons. The predicted octanol–water partition coefficient (Wildman–Crippen LogP) is 3.67. The molecule has 2 rings (SSSR count). The van der Waals surface area contributed by atoms with E-state index in [1.165, 1.54) is 6.92 Å². The first-order valence-corrected chi connectivity index (χ1v) is 9.10. The second-order valence-corrected chi connectivity index (χ2v) is 6.85. The molecular weight excluding hydrogens is 356 g/mol. The highest BCUT2D eigenvalue weighted by Gasteiger charge is 2.20. The molecular formula is C22H28N2O4. The monoisotopic (exact) mass is 384 g/mol. The number of ether oxygens (including phenoxy) is 2. The summed E-state index contributed by atoms with van der Waals surface area (Å²) in [6, 6.07) is 10.4. The van der Waals surface area contributed by atoms with Gasteiger partial charge in [-0.15, -0.1) is 0 Å². The number of amides is 1. The molecule has 2 aromatic carbocycles. The van der Waals surface area contributed by atoms with Gasteiger partial charge in [0.2, 0.25) is 5.91 Å². The van der Waals surface area contributed by atoms with Gasteiger partial charge >= 0.3 is 0 Å². The van der Waals surface area contributed by atoms with E-state index in [0.717, 1.165) is 11.1 Å². The Labute approximate surface area is 166 Å². The molecule has 1 N–H and O–H groups in total. The Morgan fingerprint density at radius 2 is 1.75 bits per heavy atom. The number of nitrogens with one attached hydrogen (secondary N) is 1. The van der Waals surface area contributed by atoms with Gasteiger partial charge in [-0.25, -0.2) is 0 Å². The third-order valence-electron chi connectivity index (χ3n) is 4.84. The standard InChI is InChI=1S/C22H28N2O4/c1-14-10-20(27-5)21(28-6)12-18(14)13-24(4)15(2)22(26)23-19-9-7-8-17(11-19)16(3)25/h7-12,15H,13H2,1-6H3,(H,23,26)/t15-/m1/s1. The van der Waals surface area contributed by atoms with E-state index in [9.17, 15) is 9.59 Å². The zero-order valence-corrected chi connectivity index (χ0v) is 17.3. The number of likely N-dealkylation sites (N-methyl/N-ethyl adjacent to an activating group) is 1. The van der Waals surface area contributed by atoms with E-state index >= 15 is 0 Å². The molecule has 0 aromatic heterocycles. The lowest BCUT2D eigenvalue weighted by Gasteiger charge is -2.25. The van der Waals surface area contributed by atoms with E-state index in [2.05, 4.69) is 5.32 Å². The number of ketones is 1. The van der Waals surface area contributed by atoms with E-state index < -0.39 is 0 Å². The summed E-state index contributed by atoms with van der Waals surface area (Å²) in [6.45, 7) is 5.93. The van der Waals surface area contributed by atoms with Crippen LogP contribution in [-0.2, 0) is 11.3 Å². The third kappa shape index (κ3) is 5.10. The van der Waals surface area contributed by atoms with E-state index in [4.69, 9.17) is 9.47 Å². The van der Waals surface area contributed by atoms with E-state index in [1.54, 1.807) is 38.5 Å². The fourth-order valence-electron chi connectivity index (χ4n) is 2.86. The molecule has 0 saturated carbocycles. The Morgan fingerprint density at radius 1 is 1.11 bits per heavy atom. The van der Waals surface area contributed by atoms with Gasteiger partial charge in [-0.1, -0.05) is 12.1 Å². The van der Waals surface area contributed by atoms with Gasteiger partial charge in [0.05, 0.1) is 20.3 Å². The zero-order chi connectivity index (χ0) is 20.8. The van der Waals surface area contributed by atoms with Crippen LogP contribution in [-0.4, -0.2) is 43.9 Å². The maximum absolute atomic E-state index is 12.7. The highest BCUT2D eigenvalue weighted by atomic mass is 16.5. The van der Waals surface area contributed by atoms with Crippen molar-refractivity contribution in [3.63, 3.8) is 0 Å². The molecule has 28 heavy (non-hydrogen) atoms. The summed E-state index contributed by atoms with van der Waals surface area (Å²) in [5.41, 5.74) is 3.30.